The van der Waals surface area contributed by atoms with Gasteiger partial charge in [-0.15, -0.1) is 0 Å². The van der Waals surface area contributed by atoms with Gasteiger partial charge in [-0.25, -0.2) is 4.98 Å². The monoisotopic (exact) mass is 371 g/mol. The molecule has 0 unspecified atom stereocenters. The van der Waals surface area contributed by atoms with Crippen LogP contribution in [0.4, 0.5) is 0 Å². The zero-order chi connectivity index (χ0) is 18.7. The number of hydrogen-bond acceptors (Lipinski definition) is 5. The zero-order valence-electron chi connectivity index (χ0n) is 14.9. The summed E-state index contributed by atoms with van der Waals surface area (Å²) in [6, 6.07) is 10.6. The number of amides is 1. The lowest BCUT2D eigenvalue weighted by atomic mass is 10.2. The minimum Gasteiger partial charge on any atom is -0.467 e. The molecule has 0 saturated carbocycles. The van der Waals surface area contributed by atoms with Gasteiger partial charge < -0.3 is 9.73 Å². The molecule has 0 bridgehead atoms. The van der Waals surface area contributed by atoms with Crippen molar-refractivity contribution in [3.63, 3.8) is 0 Å². The molecule has 1 atom stereocenters. The molecule has 136 valence electrons. The molecule has 3 aromatic rings. The Hall–Kier alpha value is -2.54. The molecule has 0 spiro atoms. The summed E-state index contributed by atoms with van der Waals surface area (Å²) in [7, 11) is 0. The van der Waals surface area contributed by atoms with Gasteiger partial charge in [0.2, 0.25) is 5.91 Å². The van der Waals surface area contributed by atoms with E-state index < -0.39 is 0 Å². The predicted octanol–water partition coefficient (Wildman–Crippen LogP) is 3.54. The zero-order valence-corrected chi connectivity index (χ0v) is 15.7. The van der Waals surface area contributed by atoms with E-state index in [-0.39, 0.29) is 29.3 Å². The van der Waals surface area contributed by atoms with Crippen molar-refractivity contribution in [1.29, 1.82) is 0 Å². The molecule has 1 aromatic carbocycles. The van der Waals surface area contributed by atoms with Crippen LogP contribution in [0.15, 0.2) is 57.0 Å². The first kappa shape index (κ1) is 18.3. The van der Waals surface area contributed by atoms with Crippen LogP contribution in [0, 0.1) is 0 Å². The number of fused-ring (bicyclic) bond motifs is 1. The fourth-order valence-electron chi connectivity index (χ4n) is 2.70. The third kappa shape index (κ3) is 3.83. The van der Waals surface area contributed by atoms with E-state index in [1.165, 1.54) is 11.8 Å². The molecule has 0 saturated heterocycles. The van der Waals surface area contributed by atoms with Crippen LogP contribution >= 0.6 is 11.8 Å². The Balaban J connectivity index is 1.79. The highest BCUT2D eigenvalue weighted by molar-refractivity contribution is 7.99. The lowest BCUT2D eigenvalue weighted by Gasteiger charge is -2.16. The first-order valence-corrected chi connectivity index (χ1v) is 9.42. The maximum atomic E-state index is 12.8. The first-order chi connectivity index (χ1) is 12.5. The highest BCUT2D eigenvalue weighted by Crippen LogP contribution is 2.21. The standard InChI is InChI=1S/C19H21N3O3S/c1-12(2)22-18(24)14-7-4-5-8-15(14)21-19(22)26-11-17(23)20-13(3)16-9-6-10-25-16/h4-10,12-13H,11H2,1-3H3,(H,20,23)/t13-/m0/s1. The molecule has 0 radical (unpaired) electrons. The van der Waals surface area contributed by atoms with Crippen LogP contribution in [0.1, 0.15) is 38.6 Å². The Morgan fingerprint density at radius 3 is 2.69 bits per heavy atom. The molecule has 1 N–H and O–H groups in total. The van der Waals surface area contributed by atoms with E-state index in [0.717, 1.165) is 0 Å². The van der Waals surface area contributed by atoms with Crippen LogP contribution in [0.25, 0.3) is 10.9 Å². The number of benzene rings is 1. The normalized spacial score (nSPS) is 12.5. The van der Waals surface area contributed by atoms with Crippen LogP contribution in [-0.2, 0) is 4.79 Å². The topological polar surface area (TPSA) is 77.1 Å². The van der Waals surface area contributed by atoms with Gasteiger partial charge in [-0.3, -0.25) is 14.2 Å². The van der Waals surface area contributed by atoms with Crippen LogP contribution in [0.5, 0.6) is 0 Å². The molecular formula is C19H21N3O3S. The number of carbonyl (C=O) groups is 1. The fraction of sp³-hybridized carbons (Fsp3) is 0.316. The predicted molar refractivity (Wildman–Crippen MR) is 102 cm³/mol. The van der Waals surface area contributed by atoms with Crippen molar-refractivity contribution in [2.45, 2.75) is 38.0 Å². The van der Waals surface area contributed by atoms with E-state index in [1.54, 1.807) is 23.0 Å². The number of para-hydroxylation sites is 1. The largest absolute Gasteiger partial charge is 0.467 e. The fourth-order valence-corrected chi connectivity index (χ4v) is 3.64. The summed E-state index contributed by atoms with van der Waals surface area (Å²) in [4.78, 5) is 29.6. The van der Waals surface area contributed by atoms with Gasteiger partial charge in [0.25, 0.3) is 5.56 Å². The molecule has 3 rings (SSSR count). The van der Waals surface area contributed by atoms with Crippen molar-refractivity contribution in [2.75, 3.05) is 5.75 Å². The Bertz CT molecular complexity index is 964. The minimum absolute atomic E-state index is 0.0489. The summed E-state index contributed by atoms with van der Waals surface area (Å²) < 4.78 is 6.93. The number of nitrogens with one attached hydrogen (secondary N) is 1. The Morgan fingerprint density at radius 1 is 1.23 bits per heavy atom. The lowest BCUT2D eigenvalue weighted by Crippen LogP contribution is -2.29. The summed E-state index contributed by atoms with van der Waals surface area (Å²) in [5.41, 5.74) is 0.554. The summed E-state index contributed by atoms with van der Waals surface area (Å²) in [5, 5.41) is 4.01. The molecule has 6 nitrogen and oxygen atoms in total. The van der Waals surface area contributed by atoms with Crippen LogP contribution < -0.4 is 10.9 Å². The number of carbonyl (C=O) groups excluding carboxylic acids is 1. The van der Waals surface area contributed by atoms with Crippen molar-refractivity contribution in [1.82, 2.24) is 14.9 Å². The molecule has 2 heterocycles. The summed E-state index contributed by atoms with van der Waals surface area (Å²) >= 11 is 1.26. The molecule has 0 aliphatic carbocycles. The maximum absolute atomic E-state index is 12.8. The van der Waals surface area contributed by atoms with Gasteiger partial charge in [0.15, 0.2) is 5.16 Å². The van der Waals surface area contributed by atoms with E-state index in [1.807, 2.05) is 45.0 Å². The third-order valence-corrected chi connectivity index (χ3v) is 4.92. The van der Waals surface area contributed by atoms with Crippen molar-refractivity contribution in [3.8, 4) is 0 Å². The van der Waals surface area contributed by atoms with E-state index in [4.69, 9.17) is 4.42 Å². The number of hydrogen-bond donors (Lipinski definition) is 1. The van der Waals surface area contributed by atoms with Gasteiger partial charge >= 0.3 is 0 Å². The van der Waals surface area contributed by atoms with Gasteiger partial charge in [-0.05, 0) is 45.0 Å². The number of thioether (sulfide) groups is 1. The second-order valence-electron chi connectivity index (χ2n) is 6.27. The molecular weight excluding hydrogens is 350 g/mol. The van der Waals surface area contributed by atoms with Crippen molar-refractivity contribution < 1.29 is 9.21 Å². The van der Waals surface area contributed by atoms with Gasteiger partial charge in [0, 0.05) is 6.04 Å². The van der Waals surface area contributed by atoms with Gasteiger partial charge in [0.05, 0.1) is 29.0 Å². The van der Waals surface area contributed by atoms with E-state index in [9.17, 15) is 9.59 Å². The Labute approximate surface area is 155 Å². The number of rotatable bonds is 6. The van der Waals surface area contributed by atoms with Crippen molar-refractivity contribution in [2.24, 2.45) is 0 Å². The van der Waals surface area contributed by atoms with E-state index >= 15 is 0 Å². The Kier molecular flexibility index (Phi) is 5.46. The van der Waals surface area contributed by atoms with E-state index in [0.29, 0.717) is 21.8 Å². The minimum atomic E-state index is -0.213. The smallest absolute Gasteiger partial charge is 0.262 e. The number of furan rings is 1. The van der Waals surface area contributed by atoms with Crippen LogP contribution in [0.3, 0.4) is 0 Å². The van der Waals surface area contributed by atoms with Crippen molar-refractivity contribution in [3.05, 3.63) is 58.8 Å². The quantitative estimate of drug-likeness (QED) is 0.530. The highest BCUT2D eigenvalue weighted by Gasteiger charge is 2.16. The SMILES string of the molecule is CC(C)n1c(SCC(=O)N[C@@H](C)c2ccco2)nc2ccccc2c1=O. The molecule has 26 heavy (non-hydrogen) atoms. The summed E-state index contributed by atoms with van der Waals surface area (Å²) in [6.07, 6.45) is 1.58. The number of aromatic nitrogens is 2. The average molecular weight is 371 g/mol. The third-order valence-electron chi connectivity index (χ3n) is 3.97. The number of nitrogens with zero attached hydrogens (tertiary/aromatic N) is 2. The van der Waals surface area contributed by atoms with E-state index in [2.05, 4.69) is 10.3 Å². The molecule has 2 aromatic heterocycles. The maximum Gasteiger partial charge on any atom is 0.262 e. The molecule has 0 aliphatic rings. The van der Waals surface area contributed by atoms with Crippen LogP contribution in [-0.4, -0.2) is 21.2 Å². The first-order valence-electron chi connectivity index (χ1n) is 8.44. The lowest BCUT2D eigenvalue weighted by molar-refractivity contribution is -0.119. The van der Waals surface area contributed by atoms with Crippen LogP contribution in [0.2, 0.25) is 0 Å². The molecule has 0 fully saturated rings. The van der Waals surface area contributed by atoms with Gasteiger partial charge in [-0.2, -0.15) is 0 Å². The second-order valence-corrected chi connectivity index (χ2v) is 7.22. The summed E-state index contributed by atoms with van der Waals surface area (Å²) in [6.45, 7) is 5.72. The van der Waals surface area contributed by atoms with Gasteiger partial charge in [-0.1, -0.05) is 23.9 Å². The molecule has 1 amide bonds. The van der Waals surface area contributed by atoms with Crippen molar-refractivity contribution >= 4 is 28.6 Å². The highest BCUT2D eigenvalue weighted by atomic mass is 32.2. The average Bonchev–Trinajstić information content (AvgIpc) is 3.14. The Morgan fingerprint density at radius 2 is 2.00 bits per heavy atom. The molecule has 7 heteroatoms. The molecule has 0 aliphatic heterocycles. The second kappa shape index (κ2) is 7.78. The summed E-state index contributed by atoms with van der Waals surface area (Å²) in [5.74, 6) is 0.727. The van der Waals surface area contributed by atoms with Gasteiger partial charge in [0.1, 0.15) is 5.76 Å².